The predicted octanol–water partition coefficient (Wildman–Crippen LogP) is 4.68. The molecule has 9 heteroatoms. The molecular formula is C17H15Cl4N3OS. The Labute approximate surface area is 177 Å². The summed E-state index contributed by atoms with van der Waals surface area (Å²) >= 11 is 29.2. The number of halogens is 4. The summed E-state index contributed by atoms with van der Waals surface area (Å²) in [7, 11) is 0. The van der Waals surface area contributed by atoms with Crippen LogP contribution in [0.4, 0.5) is 5.69 Å². The van der Waals surface area contributed by atoms with Crippen molar-refractivity contribution in [1.82, 2.24) is 10.6 Å². The number of benzene rings is 2. The summed E-state index contributed by atoms with van der Waals surface area (Å²) in [6, 6.07) is 16.3. The third-order valence-corrected chi connectivity index (χ3v) is 4.44. The van der Waals surface area contributed by atoms with Crippen LogP contribution in [0.1, 0.15) is 5.56 Å². The van der Waals surface area contributed by atoms with Gasteiger partial charge in [0.05, 0.1) is 17.1 Å². The molecule has 0 spiro atoms. The largest absolute Gasteiger partial charge is 0.339 e. The van der Waals surface area contributed by atoms with Crippen molar-refractivity contribution in [2.24, 2.45) is 0 Å². The predicted molar refractivity (Wildman–Crippen MR) is 113 cm³/mol. The minimum absolute atomic E-state index is 0.143. The maximum atomic E-state index is 12.3. The lowest BCUT2D eigenvalue weighted by Crippen LogP contribution is -2.56. The molecule has 4 nitrogen and oxygen atoms in total. The van der Waals surface area contributed by atoms with Crippen LogP contribution in [-0.4, -0.2) is 21.0 Å². The molecular weight excluding hydrogens is 436 g/mol. The zero-order valence-electron chi connectivity index (χ0n) is 13.3. The van der Waals surface area contributed by atoms with E-state index in [1.165, 1.54) is 0 Å². The number of carbonyl (C=O) groups is 1. The van der Waals surface area contributed by atoms with Crippen LogP contribution in [0.5, 0.6) is 0 Å². The van der Waals surface area contributed by atoms with E-state index < -0.39 is 9.96 Å². The molecule has 1 amide bonds. The maximum Gasteiger partial charge on any atom is 0.228 e. The van der Waals surface area contributed by atoms with Crippen molar-refractivity contribution in [3.8, 4) is 0 Å². The van der Waals surface area contributed by atoms with Crippen LogP contribution >= 0.6 is 58.6 Å². The number of thiocarbonyl (C=S) groups is 1. The molecule has 0 heterocycles. The van der Waals surface area contributed by atoms with Gasteiger partial charge in [-0.25, -0.2) is 0 Å². The summed E-state index contributed by atoms with van der Waals surface area (Å²) in [5, 5.41) is 8.94. The van der Waals surface area contributed by atoms with Gasteiger partial charge in [0.2, 0.25) is 9.70 Å². The monoisotopic (exact) mass is 449 g/mol. The van der Waals surface area contributed by atoms with Gasteiger partial charge < -0.3 is 16.0 Å². The fraction of sp³-hybridized carbons (Fsp3) is 0.176. The first-order valence-electron chi connectivity index (χ1n) is 7.48. The highest BCUT2D eigenvalue weighted by molar-refractivity contribution is 7.80. The Morgan fingerprint density at radius 3 is 2.23 bits per heavy atom. The molecule has 2 rings (SSSR count). The van der Waals surface area contributed by atoms with Gasteiger partial charge in [-0.2, -0.15) is 0 Å². The molecule has 0 aliphatic heterocycles. The molecule has 26 heavy (non-hydrogen) atoms. The van der Waals surface area contributed by atoms with E-state index in [9.17, 15) is 4.79 Å². The van der Waals surface area contributed by atoms with E-state index in [0.29, 0.717) is 10.7 Å². The van der Waals surface area contributed by atoms with E-state index in [2.05, 4.69) is 16.0 Å². The van der Waals surface area contributed by atoms with Gasteiger partial charge in [-0.05, 0) is 29.9 Å². The van der Waals surface area contributed by atoms with E-state index in [1.54, 1.807) is 24.3 Å². The van der Waals surface area contributed by atoms with Crippen LogP contribution < -0.4 is 16.0 Å². The summed E-state index contributed by atoms with van der Waals surface area (Å²) in [6.07, 6.45) is -0.893. The summed E-state index contributed by atoms with van der Waals surface area (Å²) in [4.78, 5) is 12.3. The Kier molecular flexibility index (Phi) is 7.80. The second kappa shape index (κ2) is 9.62. The van der Waals surface area contributed by atoms with Crippen molar-refractivity contribution in [2.75, 3.05) is 5.32 Å². The number of carbonyl (C=O) groups excluding carboxylic acids is 1. The zero-order valence-corrected chi connectivity index (χ0v) is 17.1. The molecule has 0 saturated carbocycles. The summed E-state index contributed by atoms with van der Waals surface area (Å²) in [5.74, 6) is -0.319. The highest BCUT2D eigenvalue weighted by Crippen LogP contribution is 2.29. The summed E-state index contributed by atoms with van der Waals surface area (Å²) in [5.41, 5.74) is 1.43. The van der Waals surface area contributed by atoms with Gasteiger partial charge in [0, 0.05) is 0 Å². The Bertz CT molecular complexity index is 768. The summed E-state index contributed by atoms with van der Waals surface area (Å²) in [6.45, 7) is 0. The van der Waals surface area contributed by atoms with Gasteiger partial charge in [-0.15, -0.1) is 0 Å². The van der Waals surface area contributed by atoms with Crippen molar-refractivity contribution in [2.45, 2.75) is 16.4 Å². The van der Waals surface area contributed by atoms with Crippen molar-refractivity contribution < 1.29 is 4.79 Å². The lowest BCUT2D eigenvalue weighted by molar-refractivity contribution is -0.121. The van der Waals surface area contributed by atoms with Crippen molar-refractivity contribution in [3.05, 3.63) is 65.2 Å². The quantitative estimate of drug-likeness (QED) is 0.351. The fourth-order valence-corrected chi connectivity index (χ4v) is 2.78. The van der Waals surface area contributed by atoms with Crippen LogP contribution in [0.25, 0.3) is 0 Å². The molecule has 0 aromatic heterocycles. The third kappa shape index (κ3) is 6.82. The van der Waals surface area contributed by atoms with E-state index in [-0.39, 0.29) is 17.4 Å². The van der Waals surface area contributed by atoms with Crippen LogP contribution in [0.3, 0.4) is 0 Å². The Morgan fingerprint density at radius 2 is 1.62 bits per heavy atom. The van der Waals surface area contributed by atoms with Crippen molar-refractivity contribution in [1.29, 1.82) is 0 Å². The number of para-hydroxylation sites is 1. The number of rotatable bonds is 5. The molecule has 3 N–H and O–H groups in total. The average molecular weight is 451 g/mol. The highest BCUT2D eigenvalue weighted by atomic mass is 35.6. The lowest BCUT2D eigenvalue weighted by Gasteiger charge is -2.28. The van der Waals surface area contributed by atoms with Gasteiger partial charge in [-0.1, -0.05) is 88.9 Å². The molecule has 0 aliphatic rings. The number of alkyl halides is 3. The van der Waals surface area contributed by atoms with Crippen LogP contribution in [0.2, 0.25) is 5.02 Å². The smallest absolute Gasteiger partial charge is 0.228 e. The molecule has 2 aromatic carbocycles. The van der Waals surface area contributed by atoms with Crippen LogP contribution in [0, 0.1) is 0 Å². The van der Waals surface area contributed by atoms with E-state index in [1.807, 2.05) is 30.3 Å². The molecule has 0 aliphatic carbocycles. The Hall–Kier alpha value is -1.24. The molecule has 0 saturated heterocycles. The maximum absolute atomic E-state index is 12.3. The number of anilines is 1. The molecule has 0 bridgehead atoms. The van der Waals surface area contributed by atoms with E-state index in [0.717, 1.165) is 5.56 Å². The number of hydrogen-bond donors (Lipinski definition) is 3. The molecule has 0 fully saturated rings. The van der Waals surface area contributed by atoms with Crippen LogP contribution in [-0.2, 0) is 11.2 Å². The number of nitrogens with one attached hydrogen (secondary N) is 3. The van der Waals surface area contributed by atoms with Gasteiger partial charge >= 0.3 is 0 Å². The van der Waals surface area contributed by atoms with Crippen molar-refractivity contribution >= 4 is 75.3 Å². The van der Waals surface area contributed by atoms with E-state index in [4.69, 9.17) is 58.6 Å². The fourth-order valence-electron chi connectivity index (χ4n) is 2.05. The second-order valence-electron chi connectivity index (χ2n) is 5.28. The zero-order chi connectivity index (χ0) is 19.2. The molecule has 2 aromatic rings. The lowest BCUT2D eigenvalue weighted by atomic mass is 10.1. The number of hydrogen-bond acceptors (Lipinski definition) is 2. The second-order valence-corrected chi connectivity index (χ2v) is 8.47. The Balaban J connectivity index is 2.00. The first kappa shape index (κ1) is 21.1. The number of amides is 1. The molecule has 138 valence electrons. The summed E-state index contributed by atoms with van der Waals surface area (Å²) < 4.78 is -1.82. The molecule has 0 radical (unpaired) electrons. The normalized spacial score (nSPS) is 12.2. The van der Waals surface area contributed by atoms with Crippen LogP contribution in [0.15, 0.2) is 54.6 Å². The van der Waals surface area contributed by atoms with Gasteiger partial charge in [0.25, 0.3) is 0 Å². The SMILES string of the molecule is O=C(Cc1ccccc1)N[C@H](NC(=S)Nc1ccccc1Cl)C(Cl)(Cl)Cl. The first-order valence-corrected chi connectivity index (χ1v) is 9.40. The highest BCUT2D eigenvalue weighted by Gasteiger charge is 2.34. The van der Waals surface area contributed by atoms with Gasteiger partial charge in [0.1, 0.15) is 6.17 Å². The topological polar surface area (TPSA) is 53.2 Å². The standard InChI is InChI=1S/C17H15Cl4N3OS/c18-12-8-4-5-9-13(12)22-16(26)24-15(17(19,20)21)23-14(25)10-11-6-2-1-3-7-11/h1-9,15H,10H2,(H,23,25)(H2,22,24,26)/t15-/m1/s1. The van der Waals surface area contributed by atoms with E-state index >= 15 is 0 Å². The average Bonchev–Trinajstić information content (AvgIpc) is 2.56. The molecule has 1 atom stereocenters. The third-order valence-electron chi connectivity index (χ3n) is 3.24. The first-order chi connectivity index (χ1) is 12.3. The minimum atomic E-state index is -1.82. The minimum Gasteiger partial charge on any atom is -0.339 e. The van der Waals surface area contributed by atoms with Gasteiger partial charge in [-0.3, -0.25) is 4.79 Å². The Morgan fingerprint density at radius 1 is 1.00 bits per heavy atom. The molecule has 0 unspecified atom stereocenters. The van der Waals surface area contributed by atoms with Crippen molar-refractivity contribution in [3.63, 3.8) is 0 Å². The van der Waals surface area contributed by atoms with Gasteiger partial charge in [0.15, 0.2) is 5.11 Å².